The Morgan fingerprint density at radius 2 is 1.76 bits per heavy atom. The van der Waals surface area contributed by atoms with Gasteiger partial charge in [-0.3, -0.25) is 0 Å². The Bertz CT molecular complexity index is 1490. The van der Waals surface area contributed by atoms with E-state index in [1.807, 2.05) is 84.9 Å². The quantitative estimate of drug-likeness (QED) is 0.188. The third kappa shape index (κ3) is 4.78. The Morgan fingerprint density at radius 1 is 1.00 bits per heavy atom. The van der Waals surface area contributed by atoms with Crippen molar-refractivity contribution < 1.29 is 14.6 Å². The highest BCUT2D eigenvalue weighted by Crippen LogP contribution is 2.35. The highest BCUT2D eigenvalue weighted by Gasteiger charge is 2.16. The maximum atomic E-state index is 12.2. The van der Waals surface area contributed by atoms with E-state index in [2.05, 4.69) is 9.97 Å². The van der Waals surface area contributed by atoms with Gasteiger partial charge in [0.25, 0.3) is 0 Å². The second-order valence-corrected chi connectivity index (χ2v) is 9.06. The van der Waals surface area contributed by atoms with Gasteiger partial charge in [0.1, 0.15) is 17.3 Å². The summed E-state index contributed by atoms with van der Waals surface area (Å²) in [4.78, 5) is 20.0. The number of carbonyl (C=O) groups is 1. The van der Waals surface area contributed by atoms with E-state index in [1.165, 1.54) is 0 Å². The predicted octanol–water partition coefficient (Wildman–Crippen LogP) is 7.17. The van der Waals surface area contributed by atoms with Gasteiger partial charge in [0, 0.05) is 10.6 Å². The van der Waals surface area contributed by atoms with Gasteiger partial charge in [-0.2, -0.15) is 0 Å². The molecule has 0 spiro atoms. The number of carboxylic acid groups (broad SMARTS) is 1. The number of H-pyrrole nitrogens is 1. The molecule has 0 bridgehead atoms. The van der Waals surface area contributed by atoms with Crippen LogP contribution in [0.2, 0.25) is 5.02 Å². The number of para-hydroxylation sites is 2. The third-order valence-electron chi connectivity index (χ3n) is 5.30. The van der Waals surface area contributed by atoms with E-state index in [1.54, 1.807) is 6.08 Å². The highest BCUT2D eigenvalue weighted by atomic mass is 35.5. The van der Waals surface area contributed by atoms with E-state index >= 15 is 0 Å². The minimum absolute atomic E-state index is 0.131. The standard InChI is InChI=1S/C27H19ClN2O3S/c28-19-12-9-17(10-13-19)16-33-24-14-11-18-5-1-2-6-20(18)21(24)15-25(26(31)32)34-27-29-22-7-3-4-8-23(22)30-27/h1-15H,16H2,(H,29,30)(H,31,32)/b25-15-. The molecule has 0 aliphatic carbocycles. The van der Waals surface area contributed by atoms with E-state index in [9.17, 15) is 9.90 Å². The van der Waals surface area contributed by atoms with Crippen molar-refractivity contribution in [1.82, 2.24) is 9.97 Å². The van der Waals surface area contributed by atoms with Crippen molar-refractivity contribution in [3.8, 4) is 5.75 Å². The number of ether oxygens (including phenoxy) is 1. The molecule has 168 valence electrons. The molecule has 1 heterocycles. The molecular weight excluding hydrogens is 468 g/mol. The molecule has 34 heavy (non-hydrogen) atoms. The lowest BCUT2D eigenvalue weighted by molar-refractivity contribution is -0.131. The van der Waals surface area contributed by atoms with Crippen LogP contribution in [0.1, 0.15) is 11.1 Å². The van der Waals surface area contributed by atoms with Gasteiger partial charge in [0.15, 0.2) is 5.16 Å². The topological polar surface area (TPSA) is 75.2 Å². The number of nitrogens with zero attached hydrogens (tertiary/aromatic N) is 1. The number of benzene rings is 4. The van der Waals surface area contributed by atoms with E-state index in [-0.39, 0.29) is 4.91 Å². The number of halogens is 1. The molecular formula is C27H19ClN2O3S. The number of aliphatic carboxylic acids is 1. The van der Waals surface area contributed by atoms with Crippen molar-refractivity contribution in [3.63, 3.8) is 0 Å². The molecule has 0 radical (unpaired) electrons. The molecule has 1 aromatic heterocycles. The lowest BCUT2D eigenvalue weighted by Gasteiger charge is -2.13. The Balaban J connectivity index is 1.54. The first-order valence-corrected chi connectivity index (χ1v) is 11.7. The maximum Gasteiger partial charge on any atom is 0.342 e. The molecule has 5 rings (SSSR count). The monoisotopic (exact) mass is 486 g/mol. The molecule has 2 N–H and O–H groups in total. The van der Waals surface area contributed by atoms with Crippen LogP contribution < -0.4 is 4.74 Å². The van der Waals surface area contributed by atoms with Crippen molar-refractivity contribution in [3.05, 3.63) is 106 Å². The lowest BCUT2D eigenvalue weighted by Crippen LogP contribution is -2.00. The number of hydrogen-bond acceptors (Lipinski definition) is 4. The molecule has 0 unspecified atom stereocenters. The number of aromatic nitrogens is 2. The van der Waals surface area contributed by atoms with Gasteiger partial charge < -0.3 is 14.8 Å². The maximum absolute atomic E-state index is 12.2. The molecule has 0 aliphatic rings. The zero-order valence-corrected chi connectivity index (χ0v) is 19.4. The van der Waals surface area contributed by atoms with Crippen LogP contribution in [-0.2, 0) is 11.4 Å². The van der Waals surface area contributed by atoms with E-state index in [0.29, 0.717) is 28.1 Å². The fourth-order valence-corrected chi connectivity index (χ4v) is 4.54. The summed E-state index contributed by atoms with van der Waals surface area (Å²) in [6.07, 6.45) is 1.65. The zero-order valence-electron chi connectivity index (χ0n) is 17.9. The lowest BCUT2D eigenvalue weighted by atomic mass is 10.0. The van der Waals surface area contributed by atoms with Gasteiger partial charge >= 0.3 is 5.97 Å². The number of hydrogen-bond donors (Lipinski definition) is 2. The summed E-state index contributed by atoms with van der Waals surface area (Å²) in [7, 11) is 0. The number of aromatic amines is 1. The van der Waals surface area contributed by atoms with Crippen LogP contribution in [0.4, 0.5) is 0 Å². The normalized spacial score (nSPS) is 11.7. The fourth-order valence-electron chi connectivity index (χ4n) is 3.64. The molecule has 7 heteroatoms. The first-order chi connectivity index (χ1) is 16.6. The minimum Gasteiger partial charge on any atom is -0.488 e. The molecule has 0 fully saturated rings. The Kier molecular flexibility index (Phi) is 6.25. The van der Waals surface area contributed by atoms with Crippen LogP contribution in [0, 0.1) is 0 Å². The molecule has 4 aromatic carbocycles. The fraction of sp³-hybridized carbons (Fsp3) is 0.0370. The Labute approximate surface area is 205 Å². The SMILES string of the molecule is O=C(O)/C(=C/c1c(OCc2ccc(Cl)cc2)ccc2ccccc12)Sc1nc2ccccc2[nH]1. The smallest absolute Gasteiger partial charge is 0.342 e. The van der Waals surface area contributed by atoms with Gasteiger partial charge in [-0.15, -0.1) is 0 Å². The largest absolute Gasteiger partial charge is 0.488 e. The highest BCUT2D eigenvalue weighted by molar-refractivity contribution is 8.04. The summed E-state index contributed by atoms with van der Waals surface area (Å²) in [5.41, 5.74) is 3.30. The summed E-state index contributed by atoms with van der Waals surface area (Å²) in [5.74, 6) is -0.445. The number of rotatable bonds is 7. The van der Waals surface area contributed by atoms with Crippen molar-refractivity contribution >= 4 is 57.2 Å². The second-order valence-electron chi connectivity index (χ2n) is 7.59. The van der Waals surface area contributed by atoms with Crippen molar-refractivity contribution in [2.75, 3.05) is 0 Å². The average Bonchev–Trinajstić information content (AvgIpc) is 3.26. The molecule has 0 saturated carbocycles. The van der Waals surface area contributed by atoms with Crippen LogP contribution in [0.5, 0.6) is 5.75 Å². The summed E-state index contributed by atoms with van der Waals surface area (Å²) < 4.78 is 6.14. The first-order valence-electron chi connectivity index (χ1n) is 10.5. The van der Waals surface area contributed by atoms with Gasteiger partial charge in [-0.05, 0) is 64.5 Å². The average molecular weight is 487 g/mol. The summed E-state index contributed by atoms with van der Waals surface area (Å²) in [6.45, 7) is 0.329. The zero-order chi connectivity index (χ0) is 23.5. The number of nitrogens with one attached hydrogen (secondary N) is 1. The van der Waals surface area contributed by atoms with Crippen molar-refractivity contribution in [1.29, 1.82) is 0 Å². The van der Waals surface area contributed by atoms with Gasteiger partial charge in [0.05, 0.1) is 11.0 Å². The van der Waals surface area contributed by atoms with Gasteiger partial charge in [-0.25, -0.2) is 9.78 Å². The Morgan fingerprint density at radius 3 is 2.56 bits per heavy atom. The van der Waals surface area contributed by atoms with Crippen molar-refractivity contribution in [2.24, 2.45) is 0 Å². The molecule has 0 saturated heterocycles. The van der Waals surface area contributed by atoms with Gasteiger partial charge in [0.2, 0.25) is 0 Å². The van der Waals surface area contributed by atoms with E-state index in [0.717, 1.165) is 39.1 Å². The summed E-state index contributed by atoms with van der Waals surface area (Å²) in [6, 6.07) is 26.7. The van der Waals surface area contributed by atoms with Crippen LogP contribution in [0.15, 0.2) is 95.0 Å². The first kappa shape index (κ1) is 22.1. The molecule has 0 atom stereocenters. The number of fused-ring (bicyclic) bond motifs is 2. The van der Waals surface area contributed by atoms with E-state index in [4.69, 9.17) is 16.3 Å². The summed E-state index contributed by atoms with van der Waals surface area (Å²) in [5, 5.41) is 13.0. The molecule has 0 aliphatic heterocycles. The third-order valence-corrected chi connectivity index (χ3v) is 6.45. The Hall–Kier alpha value is -3.74. The minimum atomic E-state index is -1.04. The molecule has 5 nitrogen and oxygen atoms in total. The predicted molar refractivity (Wildman–Crippen MR) is 137 cm³/mol. The molecule has 0 amide bonds. The number of imidazole rings is 1. The van der Waals surface area contributed by atoms with Crippen LogP contribution in [0.25, 0.3) is 27.9 Å². The van der Waals surface area contributed by atoms with Crippen molar-refractivity contribution in [2.45, 2.75) is 11.8 Å². The van der Waals surface area contributed by atoms with Gasteiger partial charge in [-0.1, -0.05) is 66.2 Å². The molecule has 5 aromatic rings. The van der Waals surface area contributed by atoms with E-state index < -0.39 is 5.97 Å². The van der Waals surface area contributed by atoms with Crippen LogP contribution >= 0.6 is 23.4 Å². The number of carboxylic acids is 1. The van der Waals surface area contributed by atoms with Crippen LogP contribution in [0.3, 0.4) is 0 Å². The second kappa shape index (κ2) is 9.63. The summed E-state index contributed by atoms with van der Waals surface area (Å²) >= 11 is 7.06. The number of thioether (sulfide) groups is 1. The van der Waals surface area contributed by atoms with Crippen LogP contribution in [-0.4, -0.2) is 21.0 Å².